The molecule has 1 aromatic carbocycles. The quantitative estimate of drug-likeness (QED) is 0.552. The number of piperidine rings is 1. The van der Waals surface area contributed by atoms with Crippen LogP contribution in [0.1, 0.15) is 74.0 Å². The van der Waals surface area contributed by atoms with Crippen molar-refractivity contribution in [1.82, 2.24) is 14.8 Å². The normalized spacial score (nSPS) is 21.7. The Hall–Kier alpha value is -1.76. The van der Waals surface area contributed by atoms with Crippen LogP contribution in [0, 0.1) is 11.3 Å². The van der Waals surface area contributed by atoms with Gasteiger partial charge in [0.15, 0.2) is 0 Å². The molecule has 4 rings (SSSR count). The van der Waals surface area contributed by atoms with E-state index in [1.165, 1.54) is 34.0 Å². The van der Waals surface area contributed by atoms with E-state index in [2.05, 4.69) is 47.1 Å². The second-order valence-corrected chi connectivity index (χ2v) is 12.4. The summed E-state index contributed by atoms with van der Waals surface area (Å²) in [4.78, 5) is 23.3. The number of carboxylic acid groups (broad SMARTS) is 1. The molecule has 34 heavy (non-hydrogen) atoms. The molecule has 3 heterocycles. The van der Waals surface area contributed by atoms with Crippen LogP contribution < -0.4 is 0 Å². The minimum atomic E-state index is -0.683. The number of aromatic nitrogens is 1. The third kappa shape index (κ3) is 6.07. The number of benzene rings is 1. The lowest BCUT2D eigenvalue weighted by molar-refractivity contribution is -0.147. The maximum Gasteiger partial charge on any atom is 0.321 e. The molecule has 2 fully saturated rings. The minimum absolute atomic E-state index is 0.246. The van der Waals surface area contributed by atoms with Gasteiger partial charge in [-0.2, -0.15) is 0 Å². The zero-order valence-electron chi connectivity index (χ0n) is 21.3. The van der Waals surface area contributed by atoms with Gasteiger partial charge in [-0.1, -0.05) is 58.0 Å². The summed E-state index contributed by atoms with van der Waals surface area (Å²) in [6.07, 6.45) is 5.46. The molecule has 2 aromatic rings. The van der Waals surface area contributed by atoms with Crippen molar-refractivity contribution in [3.05, 3.63) is 51.5 Å². The van der Waals surface area contributed by atoms with Crippen LogP contribution in [-0.4, -0.2) is 64.6 Å². The van der Waals surface area contributed by atoms with Crippen LogP contribution in [0.5, 0.6) is 0 Å². The van der Waals surface area contributed by atoms with E-state index >= 15 is 0 Å². The number of hydrogen-bond acceptors (Lipinski definition) is 5. The summed E-state index contributed by atoms with van der Waals surface area (Å²) in [5.41, 5.74) is 2.40. The Morgan fingerprint density at radius 3 is 2.47 bits per heavy atom. The molecule has 2 aliphatic heterocycles. The van der Waals surface area contributed by atoms with E-state index in [0.717, 1.165) is 52.0 Å². The van der Waals surface area contributed by atoms with Gasteiger partial charge in [0.25, 0.3) is 0 Å². The van der Waals surface area contributed by atoms with E-state index in [1.807, 2.05) is 32.1 Å². The third-order valence-electron chi connectivity index (χ3n) is 7.52. The zero-order chi connectivity index (χ0) is 24.3. The Bertz CT molecular complexity index is 944. The number of likely N-dealkylation sites (tertiary alicyclic amines) is 2. The molecular formula is C28H41N3O2S. The maximum atomic E-state index is 11.9. The number of hydrogen-bond donors (Lipinski definition) is 1. The predicted molar refractivity (Wildman–Crippen MR) is 140 cm³/mol. The van der Waals surface area contributed by atoms with E-state index < -0.39 is 12.0 Å². The smallest absolute Gasteiger partial charge is 0.321 e. The number of aliphatic carboxylic acids is 1. The molecule has 186 valence electrons. The average Bonchev–Trinajstić information content (AvgIpc) is 3.40. The van der Waals surface area contributed by atoms with Crippen molar-refractivity contribution in [2.75, 3.05) is 32.7 Å². The molecule has 1 aromatic heterocycles. The van der Waals surface area contributed by atoms with Crippen LogP contribution in [0.2, 0.25) is 0 Å². The van der Waals surface area contributed by atoms with Crippen LogP contribution in [0.15, 0.2) is 30.3 Å². The van der Waals surface area contributed by atoms with E-state index in [9.17, 15) is 9.90 Å². The lowest BCUT2D eigenvalue weighted by atomic mass is 9.86. The number of carbonyl (C=O) groups is 1. The highest BCUT2D eigenvalue weighted by Gasteiger charge is 2.40. The summed E-state index contributed by atoms with van der Waals surface area (Å²) in [7, 11) is 0. The Labute approximate surface area is 209 Å². The number of rotatable bonds is 8. The van der Waals surface area contributed by atoms with Gasteiger partial charge in [-0.05, 0) is 68.1 Å². The summed E-state index contributed by atoms with van der Waals surface area (Å²) in [6.45, 7) is 13.5. The number of thiazole rings is 1. The summed E-state index contributed by atoms with van der Waals surface area (Å²) in [5, 5.41) is 11.0. The summed E-state index contributed by atoms with van der Waals surface area (Å²) >= 11 is 1.94. The van der Waals surface area contributed by atoms with Gasteiger partial charge < -0.3 is 10.0 Å². The van der Waals surface area contributed by atoms with Crippen molar-refractivity contribution in [3.8, 4) is 0 Å². The standard InChI is InChI=1S/C28H41N3O2S/c1-5-23-25(34-24(29-23)17-20-9-7-6-8-10-20)22-12-14-30(15-13-22)18-21-11-16-31(19-21)26(27(32)33)28(2,3)4/h6-10,21-22,26H,5,11-19H2,1-4H3,(H,32,33). The maximum absolute atomic E-state index is 11.9. The van der Waals surface area contributed by atoms with Crippen molar-refractivity contribution in [1.29, 1.82) is 0 Å². The van der Waals surface area contributed by atoms with Crippen molar-refractivity contribution in [3.63, 3.8) is 0 Å². The molecule has 0 amide bonds. The van der Waals surface area contributed by atoms with Crippen LogP contribution >= 0.6 is 11.3 Å². The fraction of sp³-hybridized carbons (Fsp3) is 0.643. The highest BCUT2D eigenvalue weighted by Crippen LogP contribution is 2.36. The van der Waals surface area contributed by atoms with Crippen LogP contribution in [0.3, 0.4) is 0 Å². The highest BCUT2D eigenvalue weighted by atomic mass is 32.1. The molecule has 2 saturated heterocycles. The summed E-state index contributed by atoms with van der Waals surface area (Å²) in [6, 6.07) is 10.3. The first-order chi connectivity index (χ1) is 16.2. The Balaban J connectivity index is 1.30. The van der Waals surface area contributed by atoms with Gasteiger partial charge >= 0.3 is 5.97 Å². The number of carboxylic acids is 1. The molecule has 2 unspecified atom stereocenters. The largest absolute Gasteiger partial charge is 0.480 e. The van der Waals surface area contributed by atoms with Crippen LogP contribution in [-0.2, 0) is 17.6 Å². The molecule has 5 nitrogen and oxygen atoms in total. The Kier molecular flexibility index (Phi) is 8.11. The molecule has 2 atom stereocenters. The van der Waals surface area contributed by atoms with E-state index in [0.29, 0.717) is 11.8 Å². The van der Waals surface area contributed by atoms with Gasteiger partial charge in [-0.25, -0.2) is 4.98 Å². The van der Waals surface area contributed by atoms with Gasteiger partial charge in [-0.3, -0.25) is 9.69 Å². The molecular weight excluding hydrogens is 442 g/mol. The first-order valence-electron chi connectivity index (χ1n) is 13.0. The fourth-order valence-electron chi connectivity index (χ4n) is 5.90. The van der Waals surface area contributed by atoms with Gasteiger partial charge in [0, 0.05) is 24.4 Å². The van der Waals surface area contributed by atoms with Gasteiger partial charge in [0.1, 0.15) is 6.04 Å². The van der Waals surface area contributed by atoms with E-state index in [-0.39, 0.29) is 5.41 Å². The summed E-state index contributed by atoms with van der Waals surface area (Å²) in [5.74, 6) is 0.523. The van der Waals surface area contributed by atoms with E-state index in [1.54, 1.807) is 0 Å². The number of aryl methyl sites for hydroxylation is 1. The number of nitrogens with zero attached hydrogens (tertiary/aromatic N) is 3. The van der Waals surface area contributed by atoms with Crippen molar-refractivity contribution >= 4 is 17.3 Å². The lowest BCUT2D eigenvalue weighted by Gasteiger charge is -2.36. The van der Waals surface area contributed by atoms with Gasteiger partial charge in [-0.15, -0.1) is 11.3 Å². The molecule has 0 spiro atoms. The first-order valence-corrected chi connectivity index (χ1v) is 13.8. The first kappa shape index (κ1) is 25.3. The van der Waals surface area contributed by atoms with Crippen molar-refractivity contribution in [2.24, 2.45) is 11.3 Å². The average molecular weight is 484 g/mol. The predicted octanol–water partition coefficient (Wildman–Crippen LogP) is 5.30. The van der Waals surface area contributed by atoms with Gasteiger partial charge in [0.2, 0.25) is 0 Å². The zero-order valence-corrected chi connectivity index (χ0v) is 22.1. The van der Waals surface area contributed by atoms with Crippen LogP contribution in [0.25, 0.3) is 0 Å². The molecule has 2 aliphatic rings. The minimum Gasteiger partial charge on any atom is -0.480 e. The topological polar surface area (TPSA) is 56.7 Å². The van der Waals surface area contributed by atoms with Gasteiger partial charge in [0.05, 0.1) is 10.7 Å². The molecule has 6 heteroatoms. The Morgan fingerprint density at radius 2 is 1.85 bits per heavy atom. The fourth-order valence-corrected chi connectivity index (χ4v) is 7.25. The SMILES string of the molecule is CCc1nc(Cc2ccccc2)sc1C1CCN(CC2CCN(C(C(=O)O)C(C)(C)C)C2)CC1. The molecule has 0 aliphatic carbocycles. The van der Waals surface area contributed by atoms with Crippen LogP contribution in [0.4, 0.5) is 0 Å². The lowest BCUT2D eigenvalue weighted by Crippen LogP contribution is -2.48. The van der Waals surface area contributed by atoms with Crippen molar-refractivity contribution in [2.45, 2.75) is 71.8 Å². The van der Waals surface area contributed by atoms with Crippen molar-refractivity contribution < 1.29 is 9.90 Å². The molecule has 0 saturated carbocycles. The second-order valence-electron chi connectivity index (χ2n) is 11.3. The monoisotopic (exact) mass is 483 g/mol. The molecule has 0 radical (unpaired) electrons. The summed E-state index contributed by atoms with van der Waals surface area (Å²) < 4.78 is 0. The van der Waals surface area contributed by atoms with E-state index in [4.69, 9.17) is 4.98 Å². The molecule has 1 N–H and O–H groups in total. The third-order valence-corrected chi connectivity index (χ3v) is 8.78. The highest BCUT2D eigenvalue weighted by molar-refractivity contribution is 7.11. The molecule has 0 bridgehead atoms. The Morgan fingerprint density at radius 1 is 1.15 bits per heavy atom. The second kappa shape index (κ2) is 10.9.